The van der Waals surface area contributed by atoms with Crippen LogP contribution in [0.1, 0.15) is 98.7 Å². The second-order valence-electron chi connectivity index (χ2n) is 16.5. The van der Waals surface area contributed by atoms with E-state index >= 15 is 0 Å². The molecule has 8 rings (SSSR count). The smallest absolute Gasteiger partial charge is 0.306 e. The summed E-state index contributed by atoms with van der Waals surface area (Å²) in [7, 11) is 0. The van der Waals surface area contributed by atoms with E-state index in [-0.39, 0.29) is 38.7 Å². The molecule has 4 aliphatic carbocycles. The quantitative estimate of drug-likeness (QED) is 0.215. The van der Waals surface area contributed by atoms with Crippen molar-refractivity contribution in [3.05, 3.63) is 35.8 Å². The molecule has 7 fully saturated rings. The maximum Gasteiger partial charge on any atom is 0.306 e. The highest BCUT2D eigenvalue weighted by Crippen LogP contribution is 2.90. The molecule has 0 amide bonds. The molecule has 3 aliphatic heterocycles. The predicted octanol–water partition coefficient (Wildman–Crippen LogP) is 3.84. The SMILES string of the molecule is C/C=C(/C)C(=O)[C@H]1[C@]2(C)C[C@]34OC5(C)O[C@]6([C@@H]7CC(=O)O[C@@H](c8ccoc8)[C@]7(C)CC[C@]6(O5)[C@]3(CO)[C@H]2CC(=O)OCC)[C@H](OC(=O)CC)[C@@]14O. The normalized spacial score (nSPS) is 50.0. The highest BCUT2D eigenvalue weighted by molar-refractivity contribution is 5.99. The van der Waals surface area contributed by atoms with Crippen molar-refractivity contribution in [1.29, 1.82) is 0 Å². The number of carbonyl (C=O) groups excluding carboxylic acids is 4. The first-order valence-electron chi connectivity index (χ1n) is 18.2. The Morgan fingerprint density at radius 3 is 2.39 bits per heavy atom. The van der Waals surface area contributed by atoms with Crippen LogP contribution in [0.3, 0.4) is 0 Å². The third-order valence-corrected chi connectivity index (χ3v) is 14.6. The van der Waals surface area contributed by atoms with E-state index in [4.69, 9.17) is 32.8 Å². The Balaban J connectivity index is 1.49. The number of carbonyl (C=O) groups is 4. The molecule has 4 saturated carbocycles. The Bertz CT molecular complexity index is 1740. The van der Waals surface area contributed by atoms with E-state index in [0.717, 1.165) is 0 Å². The van der Waals surface area contributed by atoms with Gasteiger partial charge in [0.2, 0.25) is 0 Å². The van der Waals surface area contributed by atoms with E-state index in [0.29, 0.717) is 17.6 Å². The van der Waals surface area contributed by atoms with Crippen LogP contribution in [0.15, 0.2) is 34.7 Å². The third kappa shape index (κ3) is 3.56. The average molecular weight is 713 g/mol. The predicted molar refractivity (Wildman–Crippen MR) is 173 cm³/mol. The first-order chi connectivity index (χ1) is 24.0. The zero-order chi connectivity index (χ0) is 36.8. The van der Waals surface area contributed by atoms with Gasteiger partial charge in [0.1, 0.15) is 28.5 Å². The van der Waals surface area contributed by atoms with Gasteiger partial charge in [-0.1, -0.05) is 26.8 Å². The summed E-state index contributed by atoms with van der Waals surface area (Å²) in [4.78, 5) is 56.1. The van der Waals surface area contributed by atoms with Gasteiger partial charge < -0.3 is 43.1 Å². The molecular weight excluding hydrogens is 664 g/mol. The van der Waals surface area contributed by atoms with Crippen molar-refractivity contribution in [1.82, 2.24) is 0 Å². The molecule has 13 atom stereocenters. The first kappa shape index (κ1) is 35.0. The Hall–Kier alpha value is -3.10. The first-order valence-corrected chi connectivity index (χ1v) is 18.2. The minimum Gasteiger partial charge on any atom is -0.472 e. The number of fused-ring (bicyclic) bond motifs is 3. The van der Waals surface area contributed by atoms with Gasteiger partial charge in [0, 0.05) is 36.7 Å². The van der Waals surface area contributed by atoms with E-state index in [1.54, 1.807) is 46.8 Å². The second-order valence-corrected chi connectivity index (χ2v) is 16.5. The van der Waals surface area contributed by atoms with Gasteiger partial charge in [-0.3, -0.25) is 19.2 Å². The van der Waals surface area contributed by atoms with Crippen LogP contribution in [-0.2, 0) is 47.6 Å². The monoisotopic (exact) mass is 712 g/mol. The lowest BCUT2D eigenvalue weighted by Gasteiger charge is -2.77. The van der Waals surface area contributed by atoms with Crippen molar-refractivity contribution in [3.8, 4) is 0 Å². The molecule has 2 N–H and O–H groups in total. The number of ether oxygens (including phenoxy) is 6. The largest absolute Gasteiger partial charge is 0.472 e. The average Bonchev–Trinajstić information content (AvgIpc) is 3.78. The summed E-state index contributed by atoms with van der Waals surface area (Å²) < 4.78 is 44.7. The van der Waals surface area contributed by atoms with Gasteiger partial charge in [-0.05, 0) is 63.0 Å². The maximum atomic E-state index is 14.9. The number of furan rings is 1. The van der Waals surface area contributed by atoms with Gasteiger partial charge in [-0.2, -0.15) is 0 Å². The number of hydrogen-bond acceptors (Lipinski definition) is 13. The van der Waals surface area contributed by atoms with Gasteiger partial charge in [-0.15, -0.1) is 0 Å². The lowest BCUT2D eigenvalue weighted by molar-refractivity contribution is -0.481. The number of aliphatic hydroxyl groups excluding tert-OH is 1. The molecule has 4 bridgehead atoms. The van der Waals surface area contributed by atoms with Crippen LogP contribution in [0, 0.1) is 34.0 Å². The topological polar surface area (TPSA) is 177 Å². The summed E-state index contributed by atoms with van der Waals surface area (Å²) in [5.41, 5.74) is -10.4. The Kier molecular flexibility index (Phi) is 7.21. The molecule has 278 valence electrons. The van der Waals surface area contributed by atoms with Crippen LogP contribution >= 0.6 is 0 Å². The molecule has 0 radical (unpaired) electrons. The van der Waals surface area contributed by atoms with Crippen molar-refractivity contribution in [2.75, 3.05) is 13.2 Å². The summed E-state index contributed by atoms with van der Waals surface area (Å²) in [6.45, 7) is 11.6. The van der Waals surface area contributed by atoms with E-state index < -0.39 is 105 Å². The standard InChI is InChI=1S/C38H48O13/c1-8-20(4)27(43)28-32(6)18-36-34(19-39,22(32)15-25(41)46-10-3)35-13-12-31(5)23(16-26(42)47-29(31)21-11-14-45-17-21)38(35,51-33(7,49-35)50-36)30(37(28,36)44)48-24(40)9-2/h8,11,14,17,22-23,28-30,39,44H,9-10,12-13,15-16,18-19H2,1-7H3/b20-8-/t22-,23+,28-,29-,30+,31+,32+,33?,34-,35-,36-,37-,38+/m0/s1. The molecule has 13 nitrogen and oxygen atoms in total. The van der Waals surface area contributed by atoms with E-state index in [9.17, 15) is 29.4 Å². The fraction of sp³-hybridized carbons (Fsp3) is 0.737. The fourth-order valence-corrected chi connectivity index (χ4v) is 13.2. The zero-order valence-electron chi connectivity index (χ0n) is 30.2. The minimum absolute atomic E-state index is 0.0243. The second kappa shape index (κ2) is 10.5. The van der Waals surface area contributed by atoms with E-state index in [1.807, 2.05) is 13.8 Å². The van der Waals surface area contributed by atoms with Gasteiger partial charge in [0.15, 0.2) is 11.9 Å². The minimum atomic E-state index is -2.32. The lowest BCUT2D eigenvalue weighted by Crippen LogP contribution is -2.94. The summed E-state index contributed by atoms with van der Waals surface area (Å²) in [5, 5.41) is 26.1. The Labute approximate surface area is 296 Å². The van der Waals surface area contributed by atoms with Crippen molar-refractivity contribution in [3.63, 3.8) is 0 Å². The number of Topliss-reactive ketones (excluding diaryl/α,β-unsaturated/α-hetero) is 1. The molecule has 51 heavy (non-hydrogen) atoms. The maximum absolute atomic E-state index is 14.9. The number of rotatable bonds is 9. The van der Waals surface area contributed by atoms with Gasteiger partial charge in [0.25, 0.3) is 5.97 Å². The van der Waals surface area contributed by atoms with Crippen LogP contribution in [0.25, 0.3) is 0 Å². The summed E-state index contributed by atoms with van der Waals surface area (Å²) >= 11 is 0. The highest BCUT2D eigenvalue weighted by atomic mass is 16.9. The lowest BCUT2D eigenvalue weighted by atomic mass is 9.32. The molecule has 4 heterocycles. The van der Waals surface area contributed by atoms with Crippen molar-refractivity contribution in [2.24, 2.45) is 34.0 Å². The molecule has 3 saturated heterocycles. The van der Waals surface area contributed by atoms with Crippen molar-refractivity contribution in [2.45, 2.75) is 128 Å². The molecule has 7 aliphatic rings. The number of cyclic esters (lactones) is 1. The van der Waals surface area contributed by atoms with Crippen LogP contribution in [0.2, 0.25) is 0 Å². The van der Waals surface area contributed by atoms with Crippen LogP contribution in [-0.4, -0.2) is 81.6 Å². The molecule has 1 unspecified atom stereocenters. The fourth-order valence-electron chi connectivity index (χ4n) is 13.2. The summed E-state index contributed by atoms with van der Waals surface area (Å²) in [5.74, 6) is -7.04. The van der Waals surface area contributed by atoms with Crippen molar-refractivity contribution < 1.29 is 62.2 Å². The molecular formula is C38H48O13. The molecule has 1 aromatic rings. The number of allylic oxidation sites excluding steroid dienone is 2. The number of esters is 3. The van der Waals surface area contributed by atoms with Crippen LogP contribution < -0.4 is 0 Å². The molecule has 0 aromatic carbocycles. The molecule has 1 aromatic heterocycles. The number of ketones is 1. The van der Waals surface area contributed by atoms with E-state index in [2.05, 4.69) is 0 Å². The van der Waals surface area contributed by atoms with Gasteiger partial charge >= 0.3 is 17.9 Å². The number of aliphatic hydroxyl groups is 2. The van der Waals surface area contributed by atoms with E-state index in [1.165, 1.54) is 12.5 Å². The zero-order valence-corrected chi connectivity index (χ0v) is 30.2. The number of hydrogen-bond donors (Lipinski definition) is 2. The van der Waals surface area contributed by atoms with Gasteiger partial charge in [-0.25, -0.2) is 0 Å². The van der Waals surface area contributed by atoms with Crippen molar-refractivity contribution >= 4 is 23.7 Å². The summed E-state index contributed by atoms with van der Waals surface area (Å²) in [6, 6.07) is 1.73. The third-order valence-electron chi connectivity index (χ3n) is 14.6. The Morgan fingerprint density at radius 1 is 1.04 bits per heavy atom. The highest BCUT2D eigenvalue weighted by Gasteiger charge is 3.04. The van der Waals surface area contributed by atoms with Crippen LogP contribution in [0.5, 0.6) is 0 Å². The molecule has 13 heteroatoms. The molecule has 2 spiro atoms. The Morgan fingerprint density at radius 2 is 1.76 bits per heavy atom. The summed E-state index contributed by atoms with van der Waals surface area (Å²) in [6.07, 6.45) is 2.33. The van der Waals surface area contributed by atoms with Gasteiger partial charge in [0.05, 0.1) is 43.5 Å². The van der Waals surface area contributed by atoms with Crippen LogP contribution in [0.4, 0.5) is 0 Å².